The Morgan fingerprint density at radius 1 is 1.35 bits per heavy atom. The van der Waals surface area contributed by atoms with Crippen LogP contribution in [0.2, 0.25) is 0 Å². The lowest BCUT2D eigenvalue weighted by Gasteiger charge is -2.17. The van der Waals surface area contributed by atoms with Crippen molar-refractivity contribution in [2.24, 2.45) is 0 Å². The van der Waals surface area contributed by atoms with E-state index < -0.39 is 10.0 Å². The Kier molecular flexibility index (Phi) is 8.71. The van der Waals surface area contributed by atoms with Crippen LogP contribution >= 0.6 is 0 Å². The zero-order chi connectivity index (χ0) is 13.3. The molecule has 0 aromatic carbocycles. The van der Waals surface area contributed by atoms with Gasteiger partial charge in [-0.2, -0.15) is 0 Å². The van der Waals surface area contributed by atoms with Gasteiger partial charge in [-0.15, -0.1) is 0 Å². The topological polar surface area (TPSA) is 78.9 Å². The van der Waals surface area contributed by atoms with Crippen LogP contribution in [-0.4, -0.2) is 69.6 Å². The van der Waals surface area contributed by atoms with Crippen molar-refractivity contribution in [2.45, 2.75) is 19.9 Å². The minimum atomic E-state index is -3.21. The number of nitrogens with one attached hydrogen (secondary N) is 1. The first-order valence-corrected chi connectivity index (χ1v) is 7.37. The lowest BCUT2D eigenvalue weighted by atomic mass is 10.4. The predicted octanol–water partition coefficient (Wildman–Crippen LogP) is -0.745. The fourth-order valence-corrected chi connectivity index (χ4v) is 2.17. The first-order chi connectivity index (χ1) is 7.90. The highest BCUT2D eigenvalue weighted by Gasteiger charge is 2.16. The molecule has 0 amide bonds. The minimum absolute atomic E-state index is 0.0469. The average molecular weight is 268 g/mol. The van der Waals surface area contributed by atoms with Gasteiger partial charge in [-0.1, -0.05) is 13.8 Å². The molecule has 0 heterocycles. The van der Waals surface area contributed by atoms with Gasteiger partial charge in [0.1, 0.15) is 0 Å². The minimum Gasteiger partial charge on any atom is -0.394 e. The normalized spacial score (nSPS) is 12.6. The van der Waals surface area contributed by atoms with Crippen LogP contribution in [0.3, 0.4) is 0 Å². The molecule has 0 aromatic heterocycles. The molecule has 0 spiro atoms. The zero-order valence-electron chi connectivity index (χ0n) is 10.8. The molecule has 2 N–H and O–H groups in total. The molecule has 0 aromatic rings. The van der Waals surface area contributed by atoms with Crippen LogP contribution < -0.4 is 5.32 Å². The van der Waals surface area contributed by atoms with Gasteiger partial charge in [-0.3, -0.25) is 0 Å². The predicted molar refractivity (Wildman–Crippen MR) is 67.5 cm³/mol. The number of aliphatic hydroxyl groups excluding tert-OH is 1. The Hall–Kier alpha value is -0.210. The Morgan fingerprint density at radius 3 is 2.53 bits per heavy atom. The third-order valence-electron chi connectivity index (χ3n) is 2.17. The summed E-state index contributed by atoms with van der Waals surface area (Å²) in [6.07, 6.45) is 0. The molecular formula is C10H24N2O4S. The molecule has 0 saturated heterocycles. The molecular weight excluding hydrogens is 244 g/mol. The zero-order valence-corrected chi connectivity index (χ0v) is 11.7. The van der Waals surface area contributed by atoms with Crippen LogP contribution in [0.25, 0.3) is 0 Å². The van der Waals surface area contributed by atoms with Crippen molar-refractivity contribution in [2.75, 3.05) is 45.7 Å². The summed E-state index contributed by atoms with van der Waals surface area (Å²) in [6, 6.07) is 0.281. The van der Waals surface area contributed by atoms with Gasteiger partial charge in [-0.05, 0) is 0 Å². The second-order valence-electron chi connectivity index (χ2n) is 4.08. The summed E-state index contributed by atoms with van der Waals surface area (Å²) in [4.78, 5) is 0. The highest BCUT2D eigenvalue weighted by Crippen LogP contribution is 1.97. The van der Waals surface area contributed by atoms with Gasteiger partial charge in [0.05, 0.1) is 25.6 Å². The Labute approximate surface area is 104 Å². The quantitative estimate of drug-likeness (QED) is 0.510. The summed E-state index contributed by atoms with van der Waals surface area (Å²) in [5, 5.41) is 11.6. The fourth-order valence-electron chi connectivity index (χ4n) is 1.13. The van der Waals surface area contributed by atoms with Crippen molar-refractivity contribution in [1.82, 2.24) is 9.62 Å². The van der Waals surface area contributed by atoms with Crippen LogP contribution in [-0.2, 0) is 14.8 Å². The number of rotatable bonds is 10. The van der Waals surface area contributed by atoms with E-state index in [-0.39, 0.29) is 25.0 Å². The Bertz CT molecular complexity index is 280. The number of hydrogen-bond acceptors (Lipinski definition) is 5. The van der Waals surface area contributed by atoms with Crippen molar-refractivity contribution >= 4 is 10.0 Å². The van der Waals surface area contributed by atoms with E-state index in [1.807, 2.05) is 13.8 Å². The maximum absolute atomic E-state index is 11.8. The average Bonchev–Trinajstić information content (AvgIpc) is 2.23. The molecule has 0 fully saturated rings. The Morgan fingerprint density at radius 2 is 2.00 bits per heavy atom. The highest BCUT2D eigenvalue weighted by atomic mass is 32.2. The molecule has 0 aliphatic carbocycles. The van der Waals surface area contributed by atoms with Gasteiger partial charge in [0.25, 0.3) is 0 Å². The monoisotopic (exact) mass is 268 g/mol. The van der Waals surface area contributed by atoms with Gasteiger partial charge >= 0.3 is 0 Å². The van der Waals surface area contributed by atoms with Gasteiger partial charge in [0.15, 0.2) is 0 Å². The summed E-state index contributed by atoms with van der Waals surface area (Å²) in [6.45, 7) is 5.19. The molecule has 0 aliphatic rings. The van der Waals surface area contributed by atoms with E-state index in [1.54, 1.807) is 0 Å². The van der Waals surface area contributed by atoms with Crippen molar-refractivity contribution < 1.29 is 18.3 Å². The third-order valence-corrected chi connectivity index (χ3v) is 4.03. The largest absolute Gasteiger partial charge is 0.394 e. The third kappa shape index (κ3) is 8.50. The van der Waals surface area contributed by atoms with E-state index >= 15 is 0 Å². The number of likely N-dealkylation sites (N-methyl/N-ethyl adjacent to an activating group) is 1. The van der Waals surface area contributed by atoms with Gasteiger partial charge in [-0.25, -0.2) is 12.7 Å². The fraction of sp³-hybridized carbons (Fsp3) is 1.00. The van der Waals surface area contributed by atoms with E-state index in [4.69, 9.17) is 9.84 Å². The molecule has 0 saturated carbocycles. The standard InChI is InChI=1S/C10H24N2O4S/c1-10(2)11-4-9-17(14,15)12(3)5-7-16-8-6-13/h10-11,13H,4-9H2,1-3H3. The number of aliphatic hydroxyl groups is 1. The summed E-state index contributed by atoms with van der Waals surface area (Å²) < 4.78 is 29.8. The molecule has 0 rings (SSSR count). The molecule has 0 radical (unpaired) electrons. The van der Waals surface area contributed by atoms with Gasteiger partial charge < -0.3 is 15.2 Å². The van der Waals surface area contributed by atoms with Crippen LogP contribution in [0.5, 0.6) is 0 Å². The van der Waals surface area contributed by atoms with E-state index in [0.717, 1.165) is 0 Å². The molecule has 6 nitrogen and oxygen atoms in total. The molecule has 104 valence electrons. The summed E-state index contributed by atoms with van der Waals surface area (Å²) in [5.74, 6) is 0.0850. The second kappa shape index (κ2) is 8.82. The van der Waals surface area contributed by atoms with E-state index in [0.29, 0.717) is 19.7 Å². The molecule has 0 aliphatic heterocycles. The maximum atomic E-state index is 11.8. The lowest BCUT2D eigenvalue weighted by Crippen LogP contribution is -2.37. The molecule has 7 heteroatoms. The van der Waals surface area contributed by atoms with Gasteiger partial charge in [0, 0.05) is 26.2 Å². The molecule has 0 bridgehead atoms. The van der Waals surface area contributed by atoms with Crippen molar-refractivity contribution in [3.05, 3.63) is 0 Å². The lowest BCUT2D eigenvalue weighted by molar-refractivity contribution is 0.0877. The van der Waals surface area contributed by atoms with Gasteiger partial charge in [0.2, 0.25) is 10.0 Å². The smallest absolute Gasteiger partial charge is 0.215 e. The van der Waals surface area contributed by atoms with Crippen LogP contribution in [0.4, 0.5) is 0 Å². The molecule has 17 heavy (non-hydrogen) atoms. The van der Waals surface area contributed by atoms with E-state index in [9.17, 15) is 8.42 Å². The maximum Gasteiger partial charge on any atom is 0.215 e. The van der Waals surface area contributed by atoms with Crippen LogP contribution in [0.1, 0.15) is 13.8 Å². The first kappa shape index (κ1) is 16.8. The highest BCUT2D eigenvalue weighted by molar-refractivity contribution is 7.89. The summed E-state index contributed by atoms with van der Waals surface area (Å²) >= 11 is 0. The number of ether oxygens (including phenoxy) is 1. The summed E-state index contributed by atoms with van der Waals surface area (Å²) in [5.41, 5.74) is 0. The number of hydrogen-bond donors (Lipinski definition) is 2. The van der Waals surface area contributed by atoms with Crippen LogP contribution in [0, 0.1) is 0 Å². The van der Waals surface area contributed by atoms with E-state index in [1.165, 1.54) is 11.4 Å². The van der Waals surface area contributed by atoms with E-state index in [2.05, 4.69) is 5.32 Å². The molecule has 0 unspecified atom stereocenters. The number of sulfonamides is 1. The van der Waals surface area contributed by atoms with Crippen molar-refractivity contribution in [3.63, 3.8) is 0 Å². The molecule has 0 atom stereocenters. The first-order valence-electron chi connectivity index (χ1n) is 5.76. The Balaban J connectivity index is 3.86. The van der Waals surface area contributed by atoms with Crippen molar-refractivity contribution in [3.8, 4) is 0 Å². The number of nitrogens with zero attached hydrogens (tertiary/aromatic N) is 1. The second-order valence-corrected chi connectivity index (χ2v) is 6.28. The summed E-state index contributed by atoms with van der Waals surface area (Å²) in [7, 11) is -1.68. The van der Waals surface area contributed by atoms with Crippen LogP contribution in [0.15, 0.2) is 0 Å². The SMILES string of the molecule is CC(C)NCCS(=O)(=O)N(C)CCOCCO. The van der Waals surface area contributed by atoms with Crippen molar-refractivity contribution in [1.29, 1.82) is 0 Å².